The average molecular weight is 517 g/mol. The summed E-state index contributed by atoms with van der Waals surface area (Å²) in [4.78, 5) is 22.3. The first-order chi connectivity index (χ1) is 18.2. The number of benzene rings is 2. The standard InChI is InChI=1S/C30H36N4O2S/c1-23-7-11-25(12-8-23)28-22-37-30(32-28)34(19-20-36-27-5-3-2-4-6-27)21-24-9-13-26(14-10-24)29(35)33-17-15-31-16-18-33/h2-9,11-13,22,24,26,31H,10,14-21H2,1H3. The summed E-state index contributed by atoms with van der Waals surface area (Å²) in [6, 6.07) is 18.5. The third-order valence-electron chi connectivity index (χ3n) is 7.15. The van der Waals surface area contributed by atoms with Gasteiger partial charge in [0.15, 0.2) is 5.13 Å². The minimum Gasteiger partial charge on any atom is -0.492 e. The third-order valence-corrected chi connectivity index (χ3v) is 8.05. The van der Waals surface area contributed by atoms with Crippen LogP contribution in [0.15, 0.2) is 72.1 Å². The second-order valence-electron chi connectivity index (χ2n) is 9.89. The predicted octanol–water partition coefficient (Wildman–Crippen LogP) is 5.02. The molecule has 2 unspecified atom stereocenters. The van der Waals surface area contributed by atoms with Gasteiger partial charge in [-0.1, -0.05) is 60.2 Å². The minimum atomic E-state index is 0.0113. The van der Waals surface area contributed by atoms with Gasteiger partial charge in [-0.3, -0.25) is 4.79 Å². The Morgan fingerprint density at radius 1 is 1.08 bits per heavy atom. The van der Waals surface area contributed by atoms with Crippen molar-refractivity contribution < 1.29 is 9.53 Å². The van der Waals surface area contributed by atoms with E-state index in [4.69, 9.17) is 9.72 Å². The molecule has 1 N–H and O–H groups in total. The van der Waals surface area contributed by atoms with E-state index in [9.17, 15) is 4.79 Å². The van der Waals surface area contributed by atoms with E-state index in [1.165, 1.54) is 5.56 Å². The fourth-order valence-corrected chi connectivity index (χ4v) is 5.83. The van der Waals surface area contributed by atoms with Crippen LogP contribution in [0, 0.1) is 18.8 Å². The van der Waals surface area contributed by atoms with Crippen molar-refractivity contribution in [3.8, 4) is 17.0 Å². The lowest BCUT2D eigenvalue weighted by atomic mass is 9.87. The zero-order chi connectivity index (χ0) is 25.5. The first kappa shape index (κ1) is 25.5. The number of hydrogen-bond acceptors (Lipinski definition) is 6. The molecule has 6 nitrogen and oxygen atoms in total. The van der Waals surface area contributed by atoms with E-state index in [-0.39, 0.29) is 11.8 Å². The molecule has 1 amide bonds. The van der Waals surface area contributed by atoms with Gasteiger partial charge in [-0.05, 0) is 37.8 Å². The number of aromatic nitrogens is 1. The summed E-state index contributed by atoms with van der Waals surface area (Å²) < 4.78 is 6.03. The lowest BCUT2D eigenvalue weighted by Gasteiger charge is -2.33. The molecule has 1 aliphatic heterocycles. The molecule has 1 aliphatic carbocycles. The number of hydrogen-bond donors (Lipinski definition) is 1. The average Bonchev–Trinajstić information content (AvgIpc) is 3.44. The number of amides is 1. The van der Waals surface area contributed by atoms with E-state index in [2.05, 4.69) is 58.9 Å². The van der Waals surface area contributed by atoms with Crippen molar-refractivity contribution >= 4 is 22.4 Å². The van der Waals surface area contributed by atoms with Crippen molar-refractivity contribution in [2.24, 2.45) is 11.8 Å². The Hall–Kier alpha value is -3.16. The molecule has 0 spiro atoms. The smallest absolute Gasteiger partial charge is 0.229 e. The van der Waals surface area contributed by atoms with Crippen molar-refractivity contribution in [2.45, 2.75) is 19.8 Å². The monoisotopic (exact) mass is 516 g/mol. The maximum absolute atomic E-state index is 12.9. The molecular formula is C30H36N4O2S. The van der Waals surface area contributed by atoms with E-state index in [0.29, 0.717) is 12.5 Å². The normalized spacial score (nSPS) is 19.5. The van der Waals surface area contributed by atoms with Crippen LogP contribution in [-0.2, 0) is 4.79 Å². The van der Waals surface area contributed by atoms with Crippen LogP contribution >= 0.6 is 11.3 Å². The van der Waals surface area contributed by atoms with Crippen molar-refractivity contribution in [3.05, 3.63) is 77.7 Å². The van der Waals surface area contributed by atoms with Crippen LogP contribution in [0.25, 0.3) is 11.3 Å². The van der Waals surface area contributed by atoms with Crippen LogP contribution in [0.2, 0.25) is 0 Å². The van der Waals surface area contributed by atoms with Crippen molar-refractivity contribution in [1.29, 1.82) is 0 Å². The summed E-state index contributed by atoms with van der Waals surface area (Å²) in [5, 5.41) is 6.48. The number of rotatable bonds is 9. The van der Waals surface area contributed by atoms with Crippen molar-refractivity contribution in [3.63, 3.8) is 0 Å². The maximum Gasteiger partial charge on any atom is 0.229 e. The molecule has 37 heavy (non-hydrogen) atoms. The summed E-state index contributed by atoms with van der Waals surface area (Å²) >= 11 is 1.68. The van der Waals surface area contributed by atoms with Crippen LogP contribution < -0.4 is 15.0 Å². The number of nitrogens with one attached hydrogen (secondary N) is 1. The van der Waals surface area contributed by atoms with Gasteiger partial charge in [0.1, 0.15) is 12.4 Å². The number of anilines is 1. The molecule has 0 bridgehead atoms. The van der Waals surface area contributed by atoms with Gasteiger partial charge in [0.05, 0.1) is 18.2 Å². The Balaban J connectivity index is 1.25. The number of aryl methyl sites for hydroxylation is 1. The molecule has 2 aliphatic rings. The second kappa shape index (κ2) is 12.4. The van der Waals surface area contributed by atoms with Gasteiger partial charge in [-0.2, -0.15) is 0 Å². The molecule has 7 heteroatoms. The molecule has 3 aromatic rings. The zero-order valence-electron chi connectivity index (χ0n) is 21.5. The Labute approximate surface area is 224 Å². The largest absolute Gasteiger partial charge is 0.492 e. The van der Waals surface area contributed by atoms with Gasteiger partial charge in [-0.15, -0.1) is 11.3 Å². The fourth-order valence-electron chi connectivity index (χ4n) is 4.96. The quantitative estimate of drug-likeness (QED) is 0.405. The van der Waals surface area contributed by atoms with Crippen LogP contribution in [-0.4, -0.2) is 61.7 Å². The maximum atomic E-state index is 12.9. The minimum absolute atomic E-state index is 0.0113. The van der Waals surface area contributed by atoms with Crippen LogP contribution in [0.1, 0.15) is 18.4 Å². The molecule has 1 saturated heterocycles. The molecule has 0 saturated carbocycles. The van der Waals surface area contributed by atoms with Crippen molar-refractivity contribution in [1.82, 2.24) is 15.2 Å². The number of ether oxygens (including phenoxy) is 1. The molecule has 1 fully saturated rings. The van der Waals surface area contributed by atoms with Gasteiger partial charge in [0.25, 0.3) is 0 Å². The highest BCUT2D eigenvalue weighted by Crippen LogP contribution is 2.31. The molecular weight excluding hydrogens is 480 g/mol. The highest BCUT2D eigenvalue weighted by Gasteiger charge is 2.28. The number of thiazole rings is 1. The van der Waals surface area contributed by atoms with E-state index >= 15 is 0 Å². The summed E-state index contributed by atoms with van der Waals surface area (Å²) in [7, 11) is 0. The number of carbonyl (C=O) groups excluding carboxylic acids is 1. The van der Waals surface area contributed by atoms with E-state index in [1.807, 2.05) is 35.2 Å². The van der Waals surface area contributed by atoms with Crippen LogP contribution in [0.4, 0.5) is 5.13 Å². The number of carbonyl (C=O) groups is 1. The Morgan fingerprint density at radius 3 is 2.59 bits per heavy atom. The molecule has 2 atom stereocenters. The van der Waals surface area contributed by atoms with Gasteiger partial charge in [-0.25, -0.2) is 4.98 Å². The Morgan fingerprint density at radius 2 is 1.86 bits per heavy atom. The van der Waals surface area contributed by atoms with Crippen LogP contribution in [0.3, 0.4) is 0 Å². The summed E-state index contributed by atoms with van der Waals surface area (Å²) in [6.45, 7) is 7.72. The molecule has 5 rings (SSSR count). The fraction of sp³-hybridized carbons (Fsp3) is 0.400. The first-order valence-corrected chi connectivity index (χ1v) is 14.2. The molecule has 2 heterocycles. The molecule has 2 aromatic carbocycles. The highest BCUT2D eigenvalue weighted by molar-refractivity contribution is 7.14. The third kappa shape index (κ3) is 6.79. The SMILES string of the molecule is Cc1ccc(-c2csc(N(CCOc3ccccc3)CC3C=CC(C(=O)N4CCNCC4)CC3)n2)cc1. The van der Waals surface area contributed by atoms with Gasteiger partial charge in [0, 0.05) is 43.7 Å². The van der Waals surface area contributed by atoms with Gasteiger partial charge >= 0.3 is 0 Å². The summed E-state index contributed by atoms with van der Waals surface area (Å²) in [5.74, 6) is 1.56. The van der Waals surface area contributed by atoms with E-state index in [0.717, 1.165) is 74.2 Å². The lowest BCUT2D eigenvalue weighted by Crippen LogP contribution is -2.48. The highest BCUT2D eigenvalue weighted by atomic mass is 32.1. The predicted molar refractivity (Wildman–Crippen MR) is 151 cm³/mol. The van der Waals surface area contributed by atoms with Gasteiger partial charge in [0.2, 0.25) is 5.91 Å². The lowest BCUT2D eigenvalue weighted by molar-refractivity contribution is -0.135. The molecule has 194 valence electrons. The number of nitrogens with zero attached hydrogens (tertiary/aromatic N) is 3. The van der Waals surface area contributed by atoms with E-state index in [1.54, 1.807) is 11.3 Å². The van der Waals surface area contributed by atoms with Gasteiger partial charge < -0.3 is 19.9 Å². The topological polar surface area (TPSA) is 57.7 Å². The summed E-state index contributed by atoms with van der Waals surface area (Å²) in [6.07, 6.45) is 6.32. The molecule has 0 radical (unpaired) electrons. The van der Waals surface area contributed by atoms with Crippen molar-refractivity contribution in [2.75, 3.05) is 50.8 Å². The Bertz CT molecular complexity index is 1170. The Kier molecular flexibility index (Phi) is 8.53. The summed E-state index contributed by atoms with van der Waals surface area (Å²) in [5.41, 5.74) is 3.40. The molecule has 1 aromatic heterocycles. The van der Waals surface area contributed by atoms with E-state index < -0.39 is 0 Å². The number of piperazine rings is 1. The zero-order valence-corrected chi connectivity index (χ0v) is 22.3. The second-order valence-corrected chi connectivity index (χ2v) is 10.7. The van der Waals surface area contributed by atoms with Crippen LogP contribution in [0.5, 0.6) is 5.75 Å². The number of para-hydroxylation sites is 1. The first-order valence-electron chi connectivity index (χ1n) is 13.3.